The van der Waals surface area contributed by atoms with Gasteiger partial charge in [0.25, 0.3) is 0 Å². The molecule has 0 unspecified atom stereocenters. The first-order chi connectivity index (χ1) is 10.2. The number of benzene rings is 1. The molecule has 1 aliphatic heterocycles. The molecule has 0 bridgehead atoms. The second kappa shape index (κ2) is 6.35. The minimum absolute atomic E-state index is 0.164. The molecule has 0 spiro atoms. The van der Waals surface area contributed by atoms with Crippen molar-refractivity contribution >= 4 is 0 Å². The molecular formula is C16H21FN4. The fourth-order valence-corrected chi connectivity index (χ4v) is 3.10. The molecular weight excluding hydrogens is 267 g/mol. The second-order valence-corrected chi connectivity index (χ2v) is 5.69. The van der Waals surface area contributed by atoms with Crippen LogP contribution in [0.4, 0.5) is 4.39 Å². The molecule has 5 heteroatoms. The summed E-state index contributed by atoms with van der Waals surface area (Å²) in [7, 11) is 0. The summed E-state index contributed by atoms with van der Waals surface area (Å²) in [5, 5.41) is 7.05. The van der Waals surface area contributed by atoms with Gasteiger partial charge in [-0.2, -0.15) is 5.10 Å². The quantitative estimate of drug-likeness (QED) is 0.920. The van der Waals surface area contributed by atoms with Crippen LogP contribution >= 0.6 is 0 Å². The van der Waals surface area contributed by atoms with Crippen LogP contribution in [0.25, 0.3) is 0 Å². The third kappa shape index (κ3) is 3.47. The van der Waals surface area contributed by atoms with Gasteiger partial charge in [0.1, 0.15) is 11.6 Å². The highest BCUT2D eigenvalue weighted by Gasteiger charge is 2.25. The van der Waals surface area contributed by atoms with Crippen LogP contribution in [0, 0.1) is 12.7 Å². The van der Waals surface area contributed by atoms with E-state index in [1.807, 2.05) is 19.1 Å². The number of likely N-dealkylation sites (tertiary alicyclic amines) is 1. The molecule has 0 saturated carbocycles. The van der Waals surface area contributed by atoms with Gasteiger partial charge in [0.05, 0.1) is 0 Å². The lowest BCUT2D eigenvalue weighted by molar-refractivity contribution is 0.253. The molecule has 0 aliphatic carbocycles. The van der Waals surface area contributed by atoms with E-state index in [-0.39, 0.29) is 5.82 Å². The topological polar surface area (TPSA) is 44.8 Å². The van der Waals surface area contributed by atoms with E-state index in [1.165, 1.54) is 12.0 Å². The SMILES string of the molecule is Cc1nc(CCCN2CCC[C@@H]2c2ccc(F)cc2)n[nH]1. The Morgan fingerprint density at radius 1 is 1.33 bits per heavy atom. The summed E-state index contributed by atoms with van der Waals surface area (Å²) in [6.45, 7) is 4.08. The third-order valence-electron chi connectivity index (χ3n) is 4.11. The molecule has 1 aromatic carbocycles. The number of aryl methyl sites for hydroxylation is 2. The van der Waals surface area contributed by atoms with Crippen LogP contribution in [0.3, 0.4) is 0 Å². The lowest BCUT2D eigenvalue weighted by Gasteiger charge is -2.24. The predicted octanol–water partition coefficient (Wildman–Crippen LogP) is 3.02. The smallest absolute Gasteiger partial charge is 0.150 e. The normalized spacial score (nSPS) is 19.2. The first-order valence-corrected chi connectivity index (χ1v) is 7.60. The van der Waals surface area contributed by atoms with E-state index >= 15 is 0 Å². The summed E-state index contributed by atoms with van der Waals surface area (Å²) >= 11 is 0. The van der Waals surface area contributed by atoms with E-state index in [9.17, 15) is 4.39 Å². The van der Waals surface area contributed by atoms with Crippen molar-refractivity contribution in [3.63, 3.8) is 0 Å². The molecule has 1 atom stereocenters. The van der Waals surface area contributed by atoms with Gasteiger partial charge in [-0.3, -0.25) is 10.00 Å². The Morgan fingerprint density at radius 3 is 2.86 bits per heavy atom. The number of halogens is 1. The number of nitrogens with one attached hydrogen (secondary N) is 1. The summed E-state index contributed by atoms with van der Waals surface area (Å²) < 4.78 is 13.0. The van der Waals surface area contributed by atoms with Gasteiger partial charge in [0.15, 0.2) is 5.82 Å². The molecule has 0 amide bonds. The molecule has 0 radical (unpaired) electrons. The molecule has 2 heterocycles. The Bertz CT molecular complexity index is 578. The van der Waals surface area contributed by atoms with Crippen LogP contribution in [0.15, 0.2) is 24.3 Å². The molecule has 3 rings (SSSR count). The van der Waals surface area contributed by atoms with Crippen molar-refractivity contribution in [1.82, 2.24) is 20.1 Å². The van der Waals surface area contributed by atoms with Crippen LogP contribution in [-0.2, 0) is 6.42 Å². The zero-order chi connectivity index (χ0) is 14.7. The van der Waals surface area contributed by atoms with Gasteiger partial charge in [-0.25, -0.2) is 9.37 Å². The molecule has 21 heavy (non-hydrogen) atoms. The number of hydrogen-bond acceptors (Lipinski definition) is 3. The van der Waals surface area contributed by atoms with Crippen molar-refractivity contribution in [2.75, 3.05) is 13.1 Å². The Kier molecular flexibility index (Phi) is 4.29. The van der Waals surface area contributed by atoms with Crippen molar-refractivity contribution < 1.29 is 4.39 Å². The summed E-state index contributed by atoms with van der Waals surface area (Å²) in [5.41, 5.74) is 1.22. The molecule has 2 aromatic rings. The average molecular weight is 288 g/mol. The fraction of sp³-hybridized carbons (Fsp3) is 0.500. The highest BCUT2D eigenvalue weighted by atomic mass is 19.1. The van der Waals surface area contributed by atoms with E-state index in [0.717, 1.165) is 44.0 Å². The van der Waals surface area contributed by atoms with Crippen LogP contribution < -0.4 is 0 Å². The van der Waals surface area contributed by atoms with Crippen molar-refractivity contribution in [3.8, 4) is 0 Å². The van der Waals surface area contributed by atoms with Crippen LogP contribution in [0.5, 0.6) is 0 Å². The Morgan fingerprint density at radius 2 is 2.14 bits per heavy atom. The molecule has 1 aliphatic rings. The Hall–Kier alpha value is -1.75. The van der Waals surface area contributed by atoms with Crippen molar-refractivity contribution in [2.24, 2.45) is 0 Å². The maximum atomic E-state index is 13.0. The number of rotatable bonds is 5. The Balaban J connectivity index is 1.55. The Labute approximate surface area is 124 Å². The third-order valence-corrected chi connectivity index (χ3v) is 4.11. The molecule has 1 fully saturated rings. The monoisotopic (exact) mass is 288 g/mol. The summed E-state index contributed by atoms with van der Waals surface area (Å²) in [5.74, 6) is 1.60. The van der Waals surface area contributed by atoms with Gasteiger partial charge in [0.2, 0.25) is 0 Å². The van der Waals surface area contributed by atoms with Gasteiger partial charge in [-0.15, -0.1) is 0 Å². The second-order valence-electron chi connectivity index (χ2n) is 5.69. The van der Waals surface area contributed by atoms with Crippen molar-refractivity contribution in [3.05, 3.63) is 47.3 Å². The number of hydrogen-bond donors (Lipinski definition) is 1. The van der Waals surface area contributed by atoms with Gasteiger partial charge < -0.3 is 0 Å². The summed E-state index contributed by atoms with van der Waals surface area (Å²) in [4.78, 5) is 6.83. The first-order valence-electron chi connectivity index (χ1n) is 7.60. The van der Waals surface area contributed by atoms with Gasteiger partial charge in [-0.1, -0.05) is 12.1 Å². The highest BCUT2D eigenvalue weighted by Crippen LogP contribution is 2.31. The van der Waals surface area contributed by atoms with E-state index in [4.69, 9.17) is 0 Å². The summed E-state index contributed by atoms with van der Waals surface area (Å²) in [6.07, 6.45) is 4.32. The lowest BCUT2D eigenvalue weighted by atomic mass is 10.0. The molecule has 4 nitrogen and oxygen atoms in total. The predicted molar refractivity (Wildman–Crippen MR) is 79.4 cm³/mol. The van der Waals surface area contributed by atoms with E-state index in [0.29, 0.717) is 6.04 Å². The van der Waals surface area contributed by atoms with Crippen molar-refractivity contribution in [1.29, 1.82) is 0 Å². The highest BCUT2D eigenvalue weighted by molar-refractivity contribution is 5.21. The number of aromatic amines is 1. The largest absolute Gasteiger partial charge is 0.296 e. The standard InChI is InChI=1S/C16H21FN4/c1-12-18-16(20-19-12)5-3-11-21-10-2-4-15(21)13-6-8-14(17)9-7-13/h6-9,15H,2-5,10-11H2,1H3,(H,18,19,20)/t15-/m1/s1. The van der Waals surface area contributed by atoms with Crippen LogP contribution in [-0.4, -0.2) is 33.2 Å². The number of nitrogens with zero attached hydrogens (tertiary/aromatic N) is 3. The van der Waals surface area contributed by atoms with E-state index in [1.54, 1.807) is 12.1 Å². The maximum absolute atomic E-state index is 13.0. The van der Waals surface area contributed by atoms with Gasteiger partial charge in [-0.05, 0) is 57.0 Å². The molecule has 112 valence electrons. The molecule has 1 saturated heterocycles. The average Bonchev–Trinajstić information content (AvgIpc) is 3.09. The van der Waals surface area contributed by atoms with Crippen LogP contribution in [0.2, 0.25) is 0 Å². The van der Waals surface area contributed by atoms with Gasteiger partial charge in [0, 0.05) is 12.5 Å². The number of aromatic nitrogens is 3. The van der Waals surface area contributed by atoms with E-state index in [2.05, 4.69) is 20.1 Å². The minimum Gasteiger partial charge on any atom is -0.296 e. The van der Waals surface area contributed by atoms with Crippen LogP contribution in [0.1, 0.15) is 42.5 Å². The summed E-state index contributed by atoms with van der Waals surface area (Å²) in [6, 6.07) is 7.37. The first kappa shape index (κ1) is 14.2. The van der Waals surface area contributed by atoms with E-state index < -0.39 is 0 Å². The molecule has 1 N–H and O–H groups in total. The zero-order valence-corrected chi connectivity index (χ0v) is 12.3. The maximum Gasteiger partial charge on any atom is 0.150 e. The molecule has 1 aromatic heterocycles. The minimum atomic E-state index is -0.164. The fourth-order valence-electron chi connectivity index (χ4n) is 3.10. The zero-order valence-electron chi connectivity index (χ0n) is 12.3. The van der Waals surface area contributed by atoms with Crippen molar-refractivity contribution in [2.45, 2.75) is 38.6 Å². The lowest BCUT2D eigenvalue weighted by Crippen LogP contribution is -2.24. The number of H-pyrrole nitrogens is 1. The van der Waals surface area contributed by atoms with Gasteiger partial charge >= 0.3 is 0 Å².